The van der Waals surface area contributed by atoms with Crippen LogP contribution in [0.4, 0.5) is 0 Å². The Morgan fingerprint density at radius 3 is 2.40 bits per heavy atom. The van der Waals surface area contributed by atoms with Crippen LogP contribution in [0.3, 0.4) is 0 Å². The normalized spacial score (nSPS) is 10.7. The number of esters is 1. The standard InChI is InChI=1S/C14H14Cl2N2O2/c1-4-20-14(19)12-7-9(3)18(17-12)13-10(15)5-8(2)6-11(13)16/h5-7H,4H2,1-3H3. The molecule has 0 spiro atoms. The van der Waals surface area contributed by atoms with Gasteiger partial charge in [-0.05, 0) is 44.5 Å². The first-order chi connectivity index (χ1) is 9.43. The summed E-state index contributed by atoms with van der Waals surface area (Å²) < 4.78 is 6.48. The molecule has 6 heteroatoms. The van der Waals surface area contributed by atoms with Crippen LogP contribution in [0.2, 0.25) is 10.0 Å². The molecule has 0 saturated carbocycles. The van der Waals surface area contributed by atoms with Gasteiger partial charge in [0.25, 0.3) is 0 Å². The van der Waals surface area contributed by atoms with Crippen molar-refractivity contribution in [1.82, 2.24) is 9.78 Å². The molecular formula is C14H14Cl2N2O2. The van der Waals surface area contributed by atoms with Crippen molar-refractivity contribution >= 4 is 29.2 Å². The van der Waals surface area contributed by atoms with Crippen molar-refractivity contribution in [3.05, 3.63) is 45.2 Å². The lowest BCUT2D eigenvalue weighted by atomic mass is 10.2. The van der Waals surface area contributed by atoms with Gasteiger partial charge < -0.3 is 4.74 Å². The molecule has 0 unspecified atom stereocenters. The monoisotopic (exact) mass is 312 g/mol. The second kappa shape index (κ2) is 5.85. The van der Waals surface area contributed by atoms with Gasteiger partial charge in [0.05, 0.1) is 16.7 Å². The fourth-order valence-electron chi connectivity index (χ4n) is 1.90. The van der Waals surface area contributed by atoms with E-state index in [1.165, 1.54) is 0 Å². The third-order valence-electron chi connectivity index (χ3n) is 2.75. The second-order valence-corrected chi connectivity index (χ2v) is 5.19. The van der Waals surface area contributed by atoms with Crippen LogP contribution in [0.15, 0.2) is 18.2 Å². The third-order valence-corrected chi connectivity index (χ3v) is 3.32. The summed E-state index contributed by atoms with van der Waals surface area (Å²) in [6.07, 6.45) is 0. The van der Waals surface area contributed by atoms with Crippen LogP contribution >= 0.6 is 23.2 Å². The van der Waals surface area contributed by atoms with Crippen molar-refractivity contribution in [1.29, 1.82) is 0 Å². The van der Waals surface area contributed by atoms with Crippen LogP contribution in [-0.4, -0.2) is 22.4 Å². The van der Waals surface area contributed by atoms with Crippen molar-refractivity contribution in [2.75, 3.05) is 6.61 Å². The number of ether oxygens (including phenoxy) is 1. The van der Waals surface area contributed by atoms with E-state index < -0.39 is 5.97 Å². The van der Waals surface area contributed by atoms with E-state index in [4.69, 9.17) is 27.9 Å². The molecule has 0 aliphatic heterocycles. The number of benzene rings is 1. The summed E-state index contributed by atoms with van der Waals surface area (Å²) in [5.74, 6) is -0.464. The number of carbonyl (C=O) groups is 1. The molecule has 0 atom stereocenters. The van der Waals surface area contributed by atoms with Gasteiger partial charge in [-0.1, -0.05) is 23.2 Å². The van der Waals surface area contributed by atoms with Crippen molar-refractivity contribution in [2.24, 2.45) is 0 Å². The zero-order valence-electron chi connectivity index (χ0n) is 11.4. The number of nitrogens with zero attached hydrogens (tertiary/aromatic N) is 2. The maximum Gasteiger partial charge on any atom is 0.358 e. The predicted molar refractivity (Wildman–Crippen MR) is 79.0 cm³/mol. The second-order valence-electron chi connectivity index (χ2n) is 4.38. The molecule has 0 bridgehead atoms. The Balaban J connectivity index is 2.52. The average molecular weight is 313 g/mol. The van der Waals surface area contributed by atoms with Crippen molar-refractivity contribution in [3.63, 3.8) is 0 Å². The van der Waals surface area contributed by atoms with Crippen LogP contribution in [0.5, 0.6) is 0 Å². The molecule has 1 heterocycles. The molecule has 1 aromatic heterocycles. The van der Waals surface area contributed by atoms with Gasteiger partial charge in [-0.25, -0.2) is 9.48 Å². The topological polar surface area (TPSA) is 44.1 Å². The third kappa shape index (κ3) is 2.81. The zero-order valence-corrected chi connectivity index (χ0v) is 12.9. The summed E-state index contributed by atoms with van der Waals surface area (Å²) in [6.45, 7) is 5.77. The molecule has 0 aliphatic rings. The van der Waals surface area contributed by atoms with Gasteiger partial charge in [0.15, 0.2) is 5.69 Å². The smallest absolute Gasteiger partial charge is 0.358 e. The van der Waals surface area contributed by atoms with Crippen LogP contribution < -0.4 is 0 Å². The summed E-state index contributed by atoms with van der Waals surface area (Å²) >= 11 is 12.5. The first-order valence-electron chi connectivity index (χ1n) is 6.13. The first-order valence-corrected chi connectivity index (χ1v) is 6.89. The van der Waals surface area contributed by atoms with E-state index in [0.29, 0.717) is 22.3 Å². The summed E-state index contributed by atoms with van der Waals surface area (Å²) in [5.41, 5.74) is 2.50. The molecule has 0 fully saturated rings. The lowest BCUT2D eigenvalue weighted by Gasteiger charge is -2.10. The van der Waals surface area contributed by atoms with Gasteiger partial charge in [-0.2, -0.15) is 5.10 Å². The Bertz CT molecular complexity index is 642. The minimum Gasteiger partial charge on any atom is -0.461 e. The Kier molecular flexibility index (Phi) is 4.35. The van der Waals surface area contributed by atoms with Crippen molar-refractivity contribution < 1.29 is 9.53 Å². The van der Waals surface area contributed by atoms with E-state index >= 15 is 0 Å². The van der Waals surface area contributed by atoms with E-state index in [1.807, 2.05) is 13.8 Å². The summed E-state index contributed by atoms with van der Waals surface area (Å²) in [4.78, 5) is 11.7. The summed E-state index contributed by atoms with van der Waals surface area (Å²) in [5, 5.41) is 5.19. The Hall–Kier alpha value is -1.52. The number of aromatic nitrogens is 2. The van der Waals surface area contributed by atoms with Crippen LogP contribution in [0, 0.1) is 13.8 Å². The molecule has 2 rings (SSSR count). The number of hydrogen-bond donors (Lipinski definition) is 0. The van der Waals surface area contributed by atoms with Crippen LogP contribution in [0.1, 0.15) is 28.7 Å². The van der Waals surface area contributed by atoms with Gasteiger partial charge in [0, 0.05) is 5.69 Å². The zero-order chi connectivity index (χ0) is 14.9. The summed E-state index contributed by atoms with van der Waals surface area (Å²) in [6, 6.07) is 5.24. The highest BCUT2D eigenvalue weighted by Gasteiger charge is 2.17. The van der Waals surface area contributed by atoms with Gasteiger partial charge >= 0.3 is 5.97 Å². The molecule has 106 valence electrons. The molecule has 4 nitrogen and oxygen atoms in total. The molecule has 0 N–H and O–H groups in total. The molecule has 0 radical (unpaired) electrons. The molecule has 20 heavy (non-hydrogen) atoms. The highest BCUT2D eigenvalue weighted by Crippen LogP contribution is 2.30. The maximum atomic E-state index is 11.7. The lowest BCUT2D eigenvalue weighted by molar-refractivity contribution is 0.0519. The minimum absolute atomic E-state index is 0.233. The molecule has 0 saturated heterocycles. The van der Waals surface area contributed by atoms with Crippen molar-refractivity contribution in [3.8, 4) is 5.69 Å². The Labute approximate surface area is 127 Å². The SMILES string of the molecule is CCOC(=O)c1cc(C)n(-c2c(Cl)cc(C)cc2Cl)n1. The van der Waals surface area contributed by atoms with Gasteiger partial charge in [-0.15, -0.1) is 0 Å². The fourth-order valence-corrected chi connectivity index (χ4v) is 2.66. The van der Waals surface area contributed by atoms with Gasteiger partial charge in [-0.3, -0.25) is 0 Å². The van der Waals surface area contributed by atoms with E-state index in [1.54, 1.807) is 29.8 Å². The number of hydrogen-bond acceptors (Lipinski definition) is 3. The molecule has 0 amide bonds. The number of rotatable bonds is 3. The van der Waals surface area contributed by atoms with Crippen LogP contribution in [-0.2, 0) is 4.74 Å². The molecule has 2 aromatic rings. The van der Waals surface area contributed by atoms with E-state index in [9.17, 15) is 4.79 Å². The highest BCUT2D eigenvalue weighted by atomic mass is 35.5. The van der Waals surface area contributed by atoms with E-state index in [-0.39, 0.29) is 5.69 Å². The van der Waals surface area contributed by atoms with Crippen molar-refractivity contribution in [2.45, 2.75) is 20.8 Å². The number of carbonyl (C=O) groups excluding carboxylic acids is 1. The van der Waals surface area contributed by atoms with Gasteiger partial charge in [0.2, 0.25) is 0 Å². The minimum atomic E-state index is -0.464. The lowest BCUT2D eigenvalue weighted by Crippen LogP contribution is -2.07. The number of halogens is 2. The highest BCUT2D eigenvalue weighted by molar-refractivity contribution is 6.37. The largest absolute Gasteiger partial charge is 0.461 e. The predicted octanol–water partition coefficient (Wildman–Crippen LogP) is 3.97. The average Bonchev–Trinajstić information content (AvgIpc) is 2.71. The maximum absolute atomic E-state index is 11.7. The molecule has 0 aliphatic carbocycles. The number of aryl methyl sites for hydroxylation is 2. The van der Waals surface area contributed by atoms with Crippen LogP contribution in [0.25, 0.3) is 5.69 Å². The van der Waals surface area contributed by atoms with E-state index in [0.717, 1.165) is 11.3 Å². The molecular weight excluding hydrogens is 299 g/mol. The molecule has 1 aromatic carbocycles. The quantitative estimate of drug-likeness (QED) is 0.805. The first kappa shape index (κ1) is 14.9. The Morgan fingerprint density at radius 1 is 1.25 bits per heavy atom. The summed E-state index contributed by atoms with van der Waals surface area (Å²) in [7, 11) is 0. The fraction of sp³-hybridized carbons (Fsp3) is 0.286. The Morgan fingerprint density at radius 2 is 1.85 bits per heavy atom. The van der Waals surface area contributed by atoms with Gasteiger partial charge in [0.1, 0.15) is 5.69 Å². The van der Waals surface area contributed by atoms with E-state index in [2.05, 4.69) is 5.10 Å².